The molecule has 0 aliphatic heterocycles. The quantitative estimate of drug-likeness (QED) is 0.488. The van der Waals surface area contributed by atoms with E-state index in [1.54, 1.807) is 0 Å². The van der Waals surface area contributed by atoms with E-state index < -0.39 is 5.97 Å². The number of carboxylic acid groups (broad SMARTS) is 1. The Kier molecular flexibility index (Phi) is 23.3. The van der Waals surface area contributed by atoms with E-state index in [4.69, 9.17) is 5.11 Å². The Morgan fingerprint density at radius 3 is 1.62 bits per heavy atom. The summed E-state index contributed by atoms with van der Waals surface area (Å²) in [6, 6.07) is 0. The molecule has 0 aromatic heterocycles. The summed E-state index contributed by atoms with van der Waals surface area (Å²) in [7, 11) is 0. The van der Waals surface area contributed by atoms with Crippen LogP contribution in [0.4, 0.5) is 0 Å². The van der Waals surface area contributed by atoms with Crippen LogP contribution < -0.4 is 0 Å². The number of carbonyl (C=O) groups is 1. The maximum Gasteiger partial charge on any atom is 2.00 e. The molecule has 0 fully saturated rings. The van der Waals surface area contributed by atoms with Gasteiger partial charge in [-0.2, -0.15) is 0 Å². The van der Waals surface area contributed by atoms with Crippen LogP contribution >= 0.6 is 0 Å². The van der Waals surface area contributed by atoms with Crippen LogP contribution in [0.25, 0.3) is 0 Å². The van der Waals surface area contributed by atoms with Crippen LogP contribution in [-0.4, -0.2) is 11.1 Å². The summed E-state index contributed by atoms with van der Waals surface area (Å²) >= 11 is 0. The second kappa shape index (κ2) is 17.4. The molecule has 0 aliphatic carbocycles. The van der Waals surface area contributed by atoms with Gasteiger partial charge in [-0.15, -0.1) is 0 Å². The average molecular weight is 282 g/mol. The first-order valence-corrected chi connectivity index (χ1v) is 5.99. The monoisotopic (exact) mass is 280 g/mol. The largest absolute Gasteiger partial charge is 2.00 e. The van der Waals surface area contributed by atoms with Crippen molar-refractivity contribution in [1.82, 2.24) is 0 Å². The van der Waals surface area contributed by atoms with Crippen LogP contribution in [0.1, 0.15) is 71.1 Å². The molecule has 0 aromatic rings. The van der Waals surface area contributed by atoms with Crippen LogP contribution in [0, 0.1) is 0 Å². The van der Waals surface area contributed by atoms with Gasteiger partial charge >= 0.3 is 25.4 Å². The van der Waals surface area contributed by atoms with E-state index in [9.17, 15) is 4.79 Å². The van der Waals surface area contributed by atoms with E-state index in [0.717, 1.165) is 12.8 Å². The van der Waals surface area contributed by atoms with Crippen molar-refractivity contribution in [3.63, 3.8) is 0 Å². The Morgan fingerprint density at radius 2 is 1.25 bits per heavy atom. The molecule has 0 radical (unpaired) electrons. The van der Waals surface area contributed by atoms with Crippen molar-refractivity contribution in [3.8, 4) is 0 Å². The molecule has 0 unspecified atom stereocenters. The number of rotatable bonds is 10. The third-order valence-electron chi connectivity index (χ3n) is 2.49. The fourth-order valence-electron chi connectivity index (χ4n) is 1.59. The third-order valence-corrected chi connectivity index (χ3v) is 2.49. The molecule has 3 nitrogen and oxygen atoms in total. The molecular weight excluding hydrogens is 258 g/mol. The zero-order valence-electron chi connectivity index (χ0n) is 10.5. The standard InChI is InChI=1S/C12H24O2.O.Zn/c1-2-3-4-5-6-7-8-9-10-11-12(13)14;;/h2-11H2,1H3,(H,13,14);;/q;-2;+2. The predicted octanol–water partition coefficient (Wildman–Crippen LogP) is 3.87. The predicted molar refractivity (Wildman–Crippen MR) is 60.2 cm³/mol. The van der Waals surface area contributed by atoms with E-state index in [1.807, 2.05) is 0 Å². The molecular formula is C12H24O3Zn. The second-order valence-electron chi connectivity index (χ2n) is 3.97. The van der Waals surface area contributed by atoms with Crippen LogP contribution in [0.3, 0.4) is 0 Å². The van der Waals surface area contributed by atoms with Gasteiger partial charge in [0, 0.05) is 6.42 Å². The Labute approximate surface area is 112 Å². The van der Waals surface area contributed by atoms with E-state index >= 15 is 0 Å². The fraction of sp³-hybridized carbons (Fsp3) is 0.917. The van der Waals surface area contributed by atoms with Gasteiger partial charge in [0.05, 0.1) is 0 Å². The molecule has 0 amide bonds. The Balaban J connectivity index is -0.000000845. The normalized spacial score (nSPS) is 9.06. The number of unbranched alkanes of at least 4 members (excludes halogenated alkanes) is 8. The maximum absolute atomic E-state index is 10.2. The molecule has 16 heavy (non-hydrogen) atoms. The Hall–Kier alpha value is 0.0534. The van der Waals surface area contributed by atoms with Crippen LogP contribution in [-0.2, 0) is 29.7 Å². The summed E-state index contributed by atoms with van der Waals surface area (Å²) < 4.78 is 0. The molecule has 4 heteroatoms. The summed E-state index contributed by atoms with van der Waals surface area (Å²) in [5.74, 6) is -0.659. The smallest absolute Gasteiger partial charge is 2.00 e. The summed E-state index contributed by atoms with van der Waals surface area (Å²) in [6.07, 6.45) is 11.5. The molecule has 0 saturated carbocycles. The minimum atomic E-state index is -0.659. The van der Waals surface area contributed by atoms with E-state index in [-0.39, 0.29) is 25.0 Å². The third kappa shape index (κ3) is 19.6. The zero-order chi connectivity index (χ0) is 10.6. The van der Waals surface area contributed by atoms with Gasteiger partial charge in [0.25, 0.3) is 0 Å². The van der Waals surface area contributed by atoms with E-state index in [1.165, 1.54) is 44.9 Å². The molecule has 92 valence electrons. The van der Waals surface area contributed by atoms with Gasteiger partial charge in [-0.1, -0.05) is 58.3 Å². The average Bonchev–Trinajstić information content (AvgIpc) is 2.15. The molecule has 1 N–H and O–H groups in total. The first-order chi connectivity index (χ1) is 6.77. The molecule has 0 spiro atoms. The molecule has 0 aromatic carbocycles. The molecule has 0 rings (SSSR count). The van der Waals surface area contributed by atoms with Gasteiger partial charge in [0.2, 0.25) is 0 Å². The fourth-order valence-corrected chi connectivity index (χ4v) is 1.59. The topological polar surface area (TPSA) is 65.8 Å². The van der Waals surface area contributed by atoms with Crippen LogP contribution in [0.2, 0.25) is 0 Å². The van der Waals surface area contributed by atoms with Crippen molar-refractivity contribution in [2.24, 2.45) is 0 Å². The number of carboxylic acids is 1. The van der Waals surface area contributed by atoms with Crippen molar-refractivity contribution in [2.75, 3.05) is 0 Å². The summed E-state index contributed by atoms with van der Waals surface area (Å²) in [6.45, 7) is 2.23. The van der Waals surface area contributed by atoms with Gasteiger partial charge in [-0.25, -0.2) is 0 Å². The van der Waals surface area contributed by atoms with Crippen molar-refractivity contribution < 1.29 is 34.9 Å². The molecule has 0 atom stereocenters. The van der Waals surface area contributed by atoms with Gasteiger partial charge in [0.1, 0.15) is 0 Å². The number of hydrogen-bond donors (Lipinski definition) is 1. The van der Waals surface area contributed by atoms with Crippen molar-refractivity contribution in [1.29, 1.82) is 0 Å². The van der Waals surface area contributed by atoms with Gasteiger partial charge < -0.3 is 10.6 Å². The maximum atomic E-state index is 10.2. The van der Waals surface area contributed by atoms with Gasteiger partial charge in [-0.3, -0.25) is 4.79 Å². The summed E-state index contributed by atoms with van der Waals surface area (Å²) in [4.78, 5) is 10.2. The SMILES string of the molecule is CCCCCCCCCCCC(=O)O.[O-2].[Zn+2]. The van der Waals surface area contributed by atoms with Gasteiger partial charge in [-0.05, 0) is 6.42 Å². The summed E-state index contributed by atoms with van der Waals surface area (Å²) in [5.41, 5.74) is 0. The second-order valence-corrected chi connectivity index (χ2v) is 3.97. The number of aliphatic carboxylic acids is 1. The molecule has 0 heterocycles. The van der Waals surface area contributed by atoms with Crippen LogP contribution in [0.5, 0.6) is 0 Å². The minimum Gasteiger partial charge on any atom is -2.00 e. The molecule has 0 aliphatic rings. The van der Waals surface area contributed by atoms with Crippen molar-refractivity contribution in [3.05, 3.63) is 0 Å². The first-order valence-electron chi connectivity index (χ1n) is 5.99. The summed E-state index contributed by atoms with van der Waals surface area (Å²) in [5, 5.41) is 8.41. The van der Waals surface area contributed by atoms with E-state index in [0.29, 0.717) is 6.42 Å². The van der Waals surface area contributed by atoms with Crippen molar-refractivity contribution >= 4 is 5.97 Å². The van der Waals surface area contributed by atoms with Gasteiger partial charge in [0.15, 0.2) is 0 Å². The molecule has 0 saturated heterocycles. The van der Waals surface area contributed by atoms with Crippen LogP contribution in [0.15, 0.2) is 0 Å². The zero-order valence-corrected chi connectivity index (χ0v) is 13.5. The number of hydrogen-bond acceptors (Lipinski definition) is 1. The van der Waals surface area contributed by atoms with Crippen molar-refractivity contribution in [2.45, 2.75) is 71.1 Å². The minimum absolute atomic E-state index is 0. The Morgan fingerprint density at radius 1 is 0.875 bits per heavy atom. The Bertz CT molecular complexity index is 140. The first kappa shape index (κ1) is 21.3. The van der Waals surface area contributed by atoms with E-state index in [2.05, 4.69) is 6.92 Å². The molecule has 0 bridgehead atoms.